The highest BCUT2D eigenvalue weighted by molar-refractivity contribution is 5.90. The minimum Gasteiger partial charge on any atom is -0.369 e. The molecule has 172 valence electrons. The first-order chi connectivity index (χ1) is 15.9. The van der Waals surface area contributed by atoms with Crippen LogP contribution < -0.4 is 10.2 Å². The second-order valence-electron chi connectivity index (χ2n) is 8.28. The van der Waals surface area contributed by atoms with Crippen LogP contribution in [-0.2, 0) is 17.9 Å². The van der Waals surface area contributed by atoms with Gasteiger partial charge in [0.15, 0.2) is 0 Å². The molecule has 4 rings (SSSR count). The predicted molar refractivity (Wildman–Crippen MR) is 127 cm³/mol. The summed E-state index contributed by atoms with van der Waals surface area (Å²) in [6.45, 7) is 7.97. The Morgan fingerprint density at radius 2 is 1.70 bits per heavy atom. The van der Waals surface area contributed by atoms with Gasteiger partial charge in [-0.15, -0.1) is 0 Å². The van der Waals surface area contributed by atoms with Crippen LogP contribution in [0.3, 0.4) is 0 Å². The minimum absolute atomic E-state index is 0.0454. The molecule has 0 aliphatic carbocycles. The first kappa shape index (κ1) is 22.5. The Morgan fingerprint density at radius 3 is 2.30 bits per heavy atom. The van der Waals surface area contributed by atoms with Crippen molar-refractivity contribution in [3.8, 4) is 0 Å². The Morgan fingerprint density at radius 1 is 1.03 bits per heavy atom. The third-order valence-corrected chi connectivity index (χ3v) is 5.96. The van der Waals surface area contributed by atoms with E-state index in [1.54, 1.807) is 13.8 Å². The number of nitrogens with zero attached hydrogens (tertiary/aromatic N) is 5. The van der Waals surface area contributed by atoms with Gasteiger partial charge in [0.1, 0.15) is 17.9 Å². The molecule has 1 aromatic heterocycles. The van der Waals surface area contributed by atoms with Gasteiger partial charge >= 0.3 is 5.69 Å². The summed E-state index contributed by atoms with van der Waals surface area (Å²) in [4.78, 5) is 27.9. The van der Waals surface area contributed by atoms with Crippen molar-refractivity contribution in [2.45, 2.75) is 26.9 Å². The van der Waals surface area contributed by atoms with E-state index in [2.05, 4.69) is 44.5 Å². The van der Waals surface area contributed by atoms with E-state index in [9.17, 15) is 14.9 Å². The third kappa shape index (κ3) is 5.38. The fraction of sp³-hybridized carbons (Fsp3) is 0.333. The maximum absolute atomic E-state index is 12.4. The largest absolute Gasteiger partial charge is 0.369 e. The highest BCUT2D eigenvalue weighted by Crippen LogP contribution is 2.23. The van der Waals surface area contributed by atoms with E-state index >= 15 is 0 Å². The average molecular weight is 449 g/mol. The molecular formula is C24H28N6O3. The van der Waals surface area contributed by atoms with E-state index in [1.165, 1.54) is 10.2 Å². The average Bonchev–Trinajstić information content (AvgIpc) is 3.08. The number of aryl methyl sites for hydroxylation is 1. The van der Waals surface area contributed by atoms with Gasteiger partial charge in [-0.3, -0.25) is 24.5 Å². The number of nitro groups is 1. The van der Waals surface area contributed by atoms with Gasteiger partial charge in [0.2, 0.25) is 5.91 Å². The van der Waals surface area contributed by atoms with Gasteiger partial charge in [-0.2, -0.15) is 5.10 Å². The molecule has 1 amide bonds. The molecule has 1 aliphatic heterocycles. The molecule has 9 nitrogen and oxygen atoms in total. The van der Waals surface area contributed by atoms with Crippen LogP contribution in [0, 0.1) is 24.0 Å². The predicted octanol–water partition coefficient (Wildman–Crippen LogP) is 3.37. The van der Waals surface area contributed by atoms with E-state index in [0.29, 0.717) is 17.1 Å². The number of benzene rings is 2. The van der Waals surface area contributed by atoms with Crippen molar-refractivity contribution < 1.29 is 9.72 Å². The molecule has 3 aromatic rings. The standard InChI is InChI=1S/C24H28N6O3/c1-18-24(30(32)33)19(2)29(26-18)17-23(31)25-21-8-10-22(11-9-21)28-14-12-27(13-15-28)16-20-6-4-3-5-7-20/h3-11H,12-17H2,1-2H3,(H,25,31). The lowest BCUT2D eigenvalue weighted by Crippen LogP contribution is -2.45. The number of rotatable bonds is 7. The summed E-state index contributed by atoms with van der Waals surface area (Å²) in [6, 6.07) is 18.3. The highest BCUT2D eigenvalue weighted by atomic mass is 16.6. The molecule has 1 saturated heterocycles. The summed E-state index contributed by atoms with van der Waals surface area (Å²) >= 11 is 0. The fourth-order valence-corrected chi connectivity index (χ4v) is 4.20. The second kappa shape index (κ2) is 9.83. The Kier molecular flexibility index (Phi) is 6.69. The van der Waals surface area contributed by atoms with Crippen LogP contribution in [0.5, 0.6) is 0 Å². The first-order valence-electron chi connectivity index (χ1n) is 11.0. The molecule has 0 spiro atoms. The molecule has 0 atom stereocenters. The van der Waals surface area contributed by atoms with Crippen LogP contribution in [0.1, 0.15) is 17.0 Å². The summed E-state index contributed by atoms with van der Waals surface area (Å²) in [5.41, 5.74) is 3.77. The summed E-state index contributed by atoms with van der Waals surface area (Å²) in [6.07, 6.45) is 0. The summed E-state index contributed by atoms with van der Waals surface area (Å²) in [7, 11) is 0. The number of piperazine rings is 1. The molecule has 9 heteroatoms. The van der Waals surface area contributed by atoms with Crippen molar-refractivity contribution in [2.24, 2.45) is 0 Å². The SMILES string of the molecule is Cc1nn(CC(=O)Nc2ccc(N3CCN(Cc4ccccc4)CC3)cc2)c(C)c1[N+](=O)[O-]. The number of hydrogen-bond acceptors (Lipinski definition) is 6. The van der Waals surface area contributed by atoms with Crippen molar-refractivity contribution in [2.75, 3.05) is 36.4 Å². The van der Waals surface area contributed by atoms with E-state index in [4.69, 9.17) is 0 Å². The number of amides is 1. The molecule has 0 bridgehead atoms. The van der Waals surface area contributed by atoms with E-state index in [0.717, 1.165) is 38.4 Å². The van der Waals surface area contributed by atoms with Gasteiger partial charge in [-0.05, 0) is 43.7 Å². The van der Waals surface area contributed by atoms with Crippen molar-refractivity contribution in [1.82, 2.24) is 14.7 Å². The van der Waals surface area contributed by atoms with E-state index in [1.807, 2.05) is 30.3 Å². The molecule has 33 heavy (non-hydrogen) atoms. The van der Waals surface area contributed by atoms with Gasteiger partial charge in [-0.1, -0.05) is 30.3 Å². The molecule has 2 aromatic carbocycles. The first-order valence-corrected chi connectivity index (χ1v) is 11.0. The van der Waals surface area contributed by atoms with Crippen LogP contribution >= 0.6 is 0 Å². The molecule has 2 heterocycles. The van der Waals surface area contributed by atoms with Crippen LogP contribution in [0.15, 0.2) is 54.6 Å². The topological polar surface area (TPSA) is 96.5 Å². The van der Waals surface area contributed by atoms with Crippen molar-refractivity contribution in [3.05, 3.63) is 81.7 Å². The normalized spacial score (nSPS) is 14.3. The van der Waals surface area contributed by atoms with Crippen LogP contribution in [0.4, 0.5) is 17.1 Å². The monoisotopic (exact) mass is 448 g/mol. The van der Waals surface area contributed by atoms with E-state index < -0.39 is 4.92 Å². The molecule has 0 saturated carbocycles. The maximum Gasteiger partial charge on any atom is 0.312 e. The molecular weight excluding hydrogens is 420 g/mol. The smallest absolute Gasteiger partial charge is 0.312 e. The Bertz CT molecular complexity index is 1120. The van der Waals surface area contributed by atoms with Crippen LogP contribution in [-0.4, -0.2) is 51.7 Å². The molecule has 0 unspecified atom stereocenters. The van der Waals surface area contributed by atoms with Crippen LogP contribution in [0.25, 0.3) is 0 Å². The van der Waals surface area contributed by atoms with Gasteiger partial charge < -0.3 is 10.2 Å². The fourth-order valence-electron chi connectivity index (χ4n) is 4.20. The van der Waals surface area contributed by atoms with Crippen molar-refractivity contribution >= 4 is 23.0 Å². The highest BCUT2D eigenvalue weighted by Gasteiger charge is 2.23. The number of aromatic nitrogens is 2. The number of carbonyl (C=O) groups excluding carboxylic acids is 1. The second-order valence-corrected chi connectivity index (χ2v) is 8.28. The minimum atomic E-state index is -0.466. The number of nitrogens with one attached hydrogen (secondary N) is 1. The van der Waals surface area contributed by atoms with Crippen molar-refractivity contribution in [3.63, 3.8) is 0 Å². The molecule has 1 fully saturated rings. The van der Waals surface area contributed by atoms with Gasteiger partial charge in [0.25, 0.3) is 0 Å². The number of carbonyl (C=O) groups is 1. The van der Waals surface area contributed by atoms with Crippen LogP contribution in [0.2, 0.25) is 0 Å². The quantitative estimate of drug-likeness (QED) is 0.440. The lowest BCUT2D eigenvalue weighted by Gasteiger charge is -2.36. The summed E-state index contributed by atoms with van der Waals surface area (Å²) < 4.78 is 1.37. The molecule has 0 radical (unpaired) electrons. The zero-order valence-electron chi connectivity index (χ0n) is 18.9. The third-order valence-electron chi connectivity index (χ3n) is 5.96. The number of anilines is 2. The Hall–Kier alpha value is -3.72. The zero-order valence-corrected chi connectivity index (χ0v) is 18.9. The van der Waals surface area contributed by atoms with Gasteiger partial charge in [0.05, 0.1) is 4.92 Å². The lowest BCUT2D eigenvalue weighted by atomic mass is 10.2. The van der Waals surface area contributed by atoms with E-state index in [-0.39, 0.29) is 18.1 Å². The number of hydrogen-bond donors (Lipinski definition) is 1. The summed E-state index contributed by atoms with van der Waals surface area (Å²) in [5.74, 6) is -0.280. The maximum atomic E-state index is 12.4. The zero-order chi connectivity index (χ0) is 23.4. The lowest BCUT2D eigenvalue weighted by molar-refractivity contribution is -0.386. The summed E-state index contributed by atoms with van der Waals surface area (Å²) in [5, 5.41) is 18.1. The van der Waals surface area contributed by atoms with Gasteiger partial charge in [-0.25, -0.2) is 0 Å². The Labute approximate surface area is 192 Å². The van der Waals surface area contributed by atoms with Crippen molar-refractivity contribution in [1.29, 1.82) is 0 Å². The van der Waals surface area contributed by atoms with Gasteiger partial charge in [0, 0.05) is 44.1 Å². The molecule has 1 aliphatic rings. The Balaban J connectivity index is 1.29. The molecule has 1 N–H and O–H groups in total.